The summed E-state index contributed by atoms with van der Waals surface area (Å²) in [5.41, 5.74) is 0.923. The van der Waals surface area contributed by atoms with Crippen LogP contribution in [0.15, 0.2) is 49.1 Å². The van der Waals surface area contributed by atoms with Gasteiger partial charge in [-0.2, -0.15) is 19.0 Å². The van der Waals surface area contributed by atoms with Crippen molar-refractivity contribution in [2.24, 2.45) is 0 Å². The molecule has 1 aliphatic heterocycles. The normalized spacial score (nSPS) is 17.0. The summed E-state index contributed by atoms with van der Waals surface area (Å²) < 4.78 is 32.9. The number of aromatic amines is 1. The zero-order valence-electron chi connectivity index (χ0n) is 21.0. The highest BCUT2D eigenvalue weighted by molar-refractivity contribution is 6.30. The van der Waals surface area contributed by atoms with Gasteiger partial charge in [0.05, 0.1) is 11.9 Å². The Balaban J connectivity index is 1.57. The van der Waals surface area contributed by atoms with Crippen molar-refractivity contribution in [1.29, 1.82) is 0 Å². The van der Waals surface area contributed by atoms with E-state index in [9.17, 15) is 18.4 Å². The van der Waals surface area contributed by atoms with Crippen LogP contribution in [-0.4, -0.2) is 85.7 Å². The number of benzene rings is 1. The van der Waals surface area contributed by atoms with Gasteiger partial charge in [-0.15, -0.1) is 0 Å². The molecule has 0 radical (unpaired) electrons. The van der Waals surface area contributed by atoms with Crippen LogP contribution in [0.5, 0.6) is 5.75 Å². The lowest BCUT2D eigenvalue weighted by atomic mass is 9.91. The Morgan fingerprint density at radius 3 is 2.87 bits per heavy atom. The minimum absolute atomic E-state index is 0.0965. The van der Waals surface area contributed by atoms with Gasteiger partial charge in [0, 0.05) is 54.9 Å². The van der Waals surface area contributed by atoms with Crippen molar-refractivity contribution in [3.63, 3.8) is 0 Å². The summed E-state index contributed by atoms with van der Waals surface area (Å²) in [4.78, 5) is 35.3. The van der Waals surface area contributed by atoms with E-state index < -0.39 is 24.3 Å². The highest BCUT2D eigenvalue weighted by atomic mass is 35.5. The molecule has 4 aromatic rings. The summed E-state index contributed by atoms with van der Waals surface area (Å²) in [6, 6.07) is 5.59. The number of likely N-dealkylation sites (N-methyl/N-ethyl adjacent to an activating group) is 1. The van der Waals surface area contributed by atoms with E-state index in [1.165, 1.54) is 41.3 Å². The van der Waals surface area contributed by atoms with Crippen molar-refractivity contribution < 1.29 is 23.1 Å². The van der Waals surface area contributed by atoms with Gasteiger partial charge in [0.25, 0.3) is 5.91 Å². The second kappa shape index (κ2) is 10.9. The Labute approximate surface area is 226 Å². The summed E-state index contributed by atoms with van der Waals surface area (Å²) in [6.07, 6.45) is 5.97. The Morgan fingerprint density at radius 1 is 1.28 bits per heavy atom. The van der Waals surface area contributed by atoms with Gasteiger partial charge in [-0.25, -0.2) is 9.50 Å². The van der Waals surface area contributed by atoms with E-state index in [0.717, 1.165) is 0 Å². The molecular formula is C25H25ClF2N8O3. The number of nitrogens with zero attached hydrogens (tertiary/aromatic N) is 6. The van der Waals surface area contributed by atoms with Gasteiger partial charge in [0.1, 0.15) is 22.9 Å². The number of anilines is 1. The number of hydrogen-bond acceptors (Lipinski definition) is 7. The third kappa shape index (κ3) is 5.40. The summed E-state index contributed by atoms with van der Waals surface area (Å²) >= 11 is 6.26. The third-order valence-corrected chi connectivity index (χ3v) is 6.81. The lowest BCUT2D eigenvalue weighted by molar-refractivity contribution is -0.136. The maximum Gasteiger partial charge on any atom is 0.387 e. The Kier molecular flexibility index (Phi) is 7.44. The van der Waals surface area contributed by atoms with Crippen molar-refractivity contribution in [2.75, 3.05) is 32.0 Å². The average Bonchev–Trinajstić information content (AvgIpc) is 3.52. The van der Waals surface area contributed by atoms with Crippen LogP contribution in [0.4, 0.5) is 14.5 Å². The van der Waals surface area contributed by atoms with Gasteiger partial charge < -0.3 is 19.9 Å². The number of carbonyl (C=O) groups excluding carboxylic acids is 2. The molecule has 1 saturated heterocycles. The van der Waals surface area contributed by atoms with Crippen molar-refractivity contribution in [3.8, 4) is 5.75 Å². The van der Waals surface area contributed by atoms with Gasteiger partial charge >= 0.3 is 6.61 Å². The van der Waals surface area contributed by atoms with Crippen LogP contribution in [-0.2, 0) is 4.79 Å². The van der Waals surface area contributed by atoms with Crippen LogP contribution in [0.2, 0.25) is 5.02 Å². The van der Waals surface area contributed by atoms with Crippen LogP contribution in [0, 0.1) is 0 Å². The lowest BCUT2D eigenvalue weighted by Gasteiger charge is -2.40. The van der Waals surface area contributed by atoms with Crippen molar-refractivity contribution in [3.05, 3.63) is 70.9 Å². The Morgan fingerprint density at radius 2 is 2.10 bits per heavy atom. The van der Waals surface area contributed by atoms with Crippen molar-refractivity contribution >= 4 is 34.7 Å². The summed E-state index contributed by atoms with van der Waals surface area (Å²) in [7, 11) is 1.96. The molecule has 1 aliphatic rings. The molecule has 0 spiro atoms. The molecule has 2 amide bonds. The molecule has 5 rings (SSSR count). The summed E-state index contributed by atoms with van der Waals surface area (Å²) in [5, 5.41) is 14.1. The molecule has 1 aromatic carbocycles. The molecule has 2 unspecified atom stereocenters. The van der Waals surface area contributed by atoms with Crippen LogP contribution in [0.3, 0.4) is 0 Å². The number of halogens is 3. The average molecular weight is 559 g/mol. The predicted molar refractivity (Wildman–Crippen MR) is 138 cm³/mol. The van der Waals surface area contributed by atoms with E-state index in [0.29, 0.717) is 25.3 Å². The fraction of sp³-hybridized carbons (Fsp3) is 0.320. The molecule has 204 valence electrons. The third-order valence-electron chi connectivity index (χ3n) is 6.57. The molecule has 14 heteroatoms. The topological polar surface area (TPSA) is 121 Å². The first-order valence-corrected chi connectivity index (χ1v) is 12.5. The molecular weight excluding hydrogens is 534 g/mol. The molecule has 0 saturated carbocycles. The Bertz CT molecular complexity index is 1510. The molecule has 4 heterocycles. The fourth-order valence-electron chi connectivity index (χ4n) is 4.78. The van der Waals surface area contributed by atoms with Gasteiger partial charge in [-0.05, 0) is 38.2 Å². The maximum absolute atomic E-state index is 14.1. The smallest absolute Gasteiger partial charge is 0.387 e. The van der Waals surface area contributed by atoms with Crippen LogP contribution >= 0.6 is 11.6 Å². The number of hydrogen-bond donors (Lipinski definition) is 2. The molecule has 2 N–H and O–H groups in total. The van der Waals surface area contributed by atoms with E-state index >= 15 is 0 Å². The van der Waals surface area contributed by atoms with Crippen molar-refractivity contribution in [2.45, 2.75) is 25.5 Å². The Hall–Kier alpha value is -4.10. The number of fused-ring (bicyclic) bond motifs is 1. The second-order valence-corrected chi connectivity index (χ2v) is 9.66. The second-order valence-electron chi connectivity index (χ2n) is 9.22. The highest BCUT2D eigenvalue weighted by Crippen LogP contribution is 2.39. The number of ether oxygens (including phenoxy) is 1. The van der Waals surface area contributed by atoms with Crippen LogP contribution in [0.25, 0.3) is 5.65 Å². The van der Waals surface area contributed by atoms with E-state index in [1.54, 1.807) is 17.2 Å². The minimum Gasteiger partial charge on any atom is -0.435 e. The lowest BCUT2D eigenvalue weighted by Crippen LogP contribution is -2.54. The van der Waals surface area contributed by atoms with E-state index in [4.69, 9.17) is 16.3 Å². The zero-order chi connectivity index (χ0) is 27.7. The number of aromatic nitrogens is 5. The largest absolute Gasteiger partial charge is 0.435 e. The number of alkyl halides is 2. The highest BCUT2D eigenvalue weighted by Gasteiger charge is 2.38. The fourth-order valence-corrected chi connectivity index (χ4v) is 4.96. The first-order valence-electron chi connectivity index (χ1n) is 12.1. The first kappa shape index (κ1) is 26.5. The standard InChI is InChI=1S/C25H25ClF2N8O3/c1-14-13-34(2)8-9-35(14)24(38)20(16-10-15(26)4-5-19(16)39-25(27)28)21-18(12-30-33-21)32-23(37)17-11-31-36-7-3-6-29-22(17)36/h3-7,10-12,14,20,25H,8-9,13H2,1-2H3,(H,30,33)(H,32,37). The van der Waals surface area contributed by atoms with Gasteiger partial charge in [-0.3, -0.25) is 14.7 Å². The monoisotopic (exact) mass is 558 g/mol. The van der Waals surface area contributed by atoms with E-state index in [-0.39, 0.29) is 39.3 Å². The molecule has 11 nitrogen and oxygen atoms in total. The van der Waals surface area contributed by atoms with Gasteiger partial charge in [0.15, 0.2) is 5.65 Å². The number of piperazine rings is 1. The van der Waals surface area contributed by atoms with Crippen molar-refractivity contribution in [1.82, 2.24) is 34.6 Å². The minimum atomic E-state index is -3.13. The number of carbonyl (C=O) groups is 2. The predicted octanol–water partition coefficient (Wildman–Crippen LogP) is 3.25. The SMILES string of the molecule is CC1CN(C)CCN1C(=O)C(c1cc(Cl)ccc1OC(F)F)c1n[nH]cc1NC(=O)c1cnn2cccnc12. The van der Waals surface area contributed by atoms with Gasteiger partial charge in [0.2, 0.25) is 5.91 Å². The molecule has 1 fully saturated rings. The molecule has 39 heavy (non-hydrogen) atoms. The number of nitrogens with one attached hydrogen (secondary N) is 2. The maximum atomic E-state index is 14.1. The molecule has 0 bridgehead atoms. The van der Waals surface area contributed by atoms with E-state index in [1.807, 2.05) is 14.0 Å². The molecule has 2 atom stereocenters. The summed E-state index contributed by atoms with van der Waals surface area (Å²) in [6.45, 7) is 0.443. The van der Waals surface area contributed by atoms with Gasteiger partial charge in [-0.1, -0.05) is 11.6 Å². The number of rotatable bonds is 7. The first-order chi connectivity index (χ1) is 18.7. The van der Waals surface area contributed by atoms with E-state index in [2.05, 4.69) is 30.5 Å². The zero-order valence-corrected chi connectivity index (χ0v) is 21.8. The number of amides is 2. The van der Waals surface area contributed by atoms with Crippen LogP contribution < -0.4 is 10.1 Å². The molecule has 3 aromatic heterocycles. The summed E-state index contributed by atoms with van der Waals surface area (Å²) in [5.74, 6) is -2.37. The number of H-pyrrole nitrogens is 1. The van der Waals surface area contributed by atoms with Crippen LogP contribution in [0.1, 0.15) is 34.5 Å². The molecule has 0 aliphatic carbocycles. The quantitative estimate of drug-likeness (QED) is 0.357.